The third-order valence-electron chi connectivity index (χ3n) is 4.15. The number of halogens is 3. The van der Waals surface area contributed by atoms with E-state index in [9.17, 15) is 18.0 Å². The molecule has 0 aromatic carbocycles. The number of aryl methyl sites for hydroxylation is 1. The van der Waals surface area contributed by atoms with E-state index in [2.05, 4.69) is 14.9 Å². The van der Waals surface area contributed by atoms with Crippen molar-refractivity contribution in [1.82, 2.24) is 14.9 Å². The van der Waals surface area contributed by atoms with Crippen LogP contribution in [0, 0.1) is 6.92 Å². The monoisotopic (exact) mass is 350 g/mol. The Bertz CT molecular complexity index is 756. The Hall–Kier alpha value is -2.64. The molecule has 0 saturated carbocycles. The van der Waals surface area contributed by atoms with Crippen LogP contribution in [0.2, 0.25) is 0 Å². The molecule has 0 N–H and O–H groups in total. The first-order valence-corrected chi connectivity index (χ1v) is 7.86. The van der Waals surface area contributed by atoms with Crippen LogP contribution >= 0.6 is 0 Å². The van der Waals surface area contributed by atoms with Crippen LogP contribution < -0.4 is 4.90 Å². The van der Waals surface area contributed by atoms with Gasteiger partial charge >= 0.3 is 6.18 Å². The minimum Gasteiger partial charge on any atom is -0.353 e. The molecule has 2 aromatic rings. The molecule has 0 atom stereocenters. The second-order valence-corrected chi connectivity index (χ2v) is 5.79. The van der Waals surface area contributed by atoms with E-state index in [0.29, 0.717) is 26.2 Å². The molecule has 0 spiro atoms. The minimum absolute atomic E-state index is 0.0898. The van der Waals surface area contributed by atoms with Crippen LogP contribution in [0.25, 0.3) is 0 Å². The number of carbonyl (C=O) groups is 1. The highest BCUT2D eigenvalue weighted by atomic mass is 19.4. The number of piperazine rings is 1. The fourth-order valence-electron chi connectivity index (χ4n) is 2.79. The first kappa shape index (κ1) is 17.2. The summed E-state index contributed by atoms with van der Waals surface area (Å²) in [5, 5.41) is 0. The Kier molecular flexibility index (Phi) is 4.61. The first-order valence-electron chi connectivity index (χ1n) is 7.86. The molecule has 1 aliphatic rings. The fraction of sp³-hybridized carbons (Fsp3) is 0.353. The zero-order valence-electron chi connectivity index (χ0n) is 13.6. The zero-order chi connectivity index (χ0) is 18.0. The van der Waals surface area contributed by atoms with Gasteiger partial charge in [0.25, 0.3) is 5.91 Å². The summed E-state index contributed by atoms with van der Waals surface area (Å²) in [6, 6.07) is 7.70. The van der Waals surface area contributed by atoms with Crippen molar-refractivity contribution in [2.24, 2.45) is 0 Å². The van der Waals surface area contributed by atoms with Crippen molar-refractivity contribution in [2.45, 2.75) is 13.1 Å². The molecule has 0 unspecified atom stereocenters. The molecule has 3 heterocycles. The Morgan fingerprint density at radius 1 is 1.08 bits per heavy atom. The van der Waals surface area contributed by atoms with Crippen LogP contribution in [-0.4, -0.2) is 47.0 Å². The maximum atomic E-state index is 12.7. The van der Waals surface area contributed by atoms with E-state index in [-0.39, 0.29) is 17.2 Å². The summed E-state index contributed by atoms with van der Waals surface area (Å²) in [4.78, 5) is 24.1. The lowest BCUT2D eigenvalue weighted by atomic mass is 10.1. The SMILES string of the molecule is Cc1nc(C(F)(F)F)ccc1C(=O)N1CCN(c2ccccn2)CC1. The summed E-state index contributed by atoms with van der Waals surface area (Å²) in [5.41, 5.74) is -0.687. The molecule has 2 aromatic heterocycles. The smallest absolute Gasteiger partial charge is 0.353 e. The van der Waals surface area contributed by atoms with Crippen molar-refractivity contribution < 1.29 is 18.0 Å². The Balaban J connectivity index is 1.69. The van der Waals surface area contributed by atoms with Gasteiger partial charge in [-0.3, -0.25) is 4.79 Å². The lowest BCUT2D eigenvalue weighted by Crippen LogP contribution is -2.49. The molecule has 1 aliphatic heterocycles. The number of aromatic nitrogens is 2. The highest BCUT2D eigenvalue weighted by Gasteiger charge is 2.33. The molecular weight excluding hydrogens is 333 g/mol. The predicted molar refractivity (Wildman–Crippen MR) is 86.3 cm³/mol. The highest BCUT2D eigenvalue weighted by Crippen LogP contribution is 2.28. The Labute approximate surface area is 143 Å². The van der Waals surface area contributed by atoms with Crippen LogP contribution in [0.3, 0.4) is 0 Å². The largest absolute Gasteiger partial charge is 0.433 e. The van der Waals surface area contributed by atoms with Crippen molar-refractivity contribution in [3.05, 3.63) is 53.5 Å². The number of pyridine rings is 2. The normalized spacial score (nSPS) is 15.4. The molecule has 3 rings (SSSR count). The van der Waals surface area contributed by atoms with Crippen LogP contribution in [0.1, 0.15) is 21.7 Å². The van der Waals surface area contributed by atoms with Crippen molar-refractivity contribution in [1.29, 1.82) is 0 Å². The standard InChI is InChI=1S/C17H17F3N4O/c1-12-13(5-6-14(22-12)17(18,19)20)16(25)24-10-8-23(9-11-24)15-4-2-3-7-21-15/h2-7H,8-11H2,1H3. The first-order chi connectivity index (χ1) is 11.9. The summed E-state index contributed by atoms with van der Waals surface area (Å²) in [7, 11) is 0. The number of carbonyl (C=O) groups excluding carboxylic acids is 1. The third kappa shape index (κ3) is 3.72. The average Bonchev–Trinajstić information content (AvgIpc) is 2.61. The number of hydrogen-bond acceptors (Lipinski definition) is 4. The lowest BCUT2D eigenvalue weighted by molar-refractivity contribution is -0.141. The predicted octanol–water partition coefficient (Wildman–Crippen LogP) is 2.77. The molecule has 0 radical (unpaired) electrons. The summed E-state index contributed by atoms with van der Waals surface area (Å²) in [5.74, 6) is 0.557. The van der Waals surface area contributed by atoms with Gasteiger partial charge in [0.05, 0.1) is 11.3 Å². The molecule has 1 fully saturated rings. The van der Waals surface area contributed by atoms with Gasteiger partial charge in [0.1, 0.15) is 11.5 Å². The topological polar surface area (TPSA) is 49.3 Å². The van der Waals surface area contributed by atoms with Gasteiger partial charge in [0.2, 0.25) is 0 Å². The van der Waals surface area contributed by atoms with E-state index in [1.807, 2.05) is 18.2 Å². The minimum atomic E-state index is -4.51. The van der Waals surface area contributed by atoms with Gasteiger partial charge in [-0.25, -0.2) is 9.97 Å². The molecule has 1 saturated heterocycles. The van der Waals surface area contributed by atoms with Gasteiger partial charge in [-0.2, -0.15) is 13.2 Å². The number of nitrogens with zero attached hydrogens (tertiary/aromatic N) is 4. The van der Waals surface area contributed by atoms with Gasteiger partial charge in [0.15, 0.2) is 0 Å². The number of alkyl halides is 3. The average molecular weight is 350 g/mol. The van der Waals surface area contributed by atoms with Crippen LogP contribution in [-0.2, 0) is 6.18 Å². The summed E-state index contributed by atoms with van der Waals surface area (Å²) in [6.45, 7) is 3.63. The zero-order valence-corrected chi connectivity index (χ0v) is 13.6. The molecule has 25 heavy (non-hydrogen) atoms. The van der Waals surface area contributed by atoms with Crippen molar-refractivity contribution in [2.75, 3.05) is 31.1 Å². The second-order valence-electron chi connectivity index (χ2n) is 5.79. The van der Waals surface area contributed by atoms with Gasteiger partial charge in [-0.1, -0.05) is 6.07 Å². The van der Waals surface area contributed by atoms with E-state index >= 15 is 0 Å². The number of amides is 1. The molecular formula is C17H17F3N4O. The highest BCUT2D eigenvalue weighted by molar-refractivity contribution is 5.95. The number of hydrogen-bond donors (Lipinski definition) is 0. The van der Waals surface area contributed by atoms with E-state index in [4.69, 9.17) is 0 Å². The van der Waals surface area contributed by atoms with E-state index in [1.165, 1.54) is 13.0 Å². The van der Waals surface area contributed by atoms with Gasteiger partial charge < -0.3 is 9.80 Å². The van der Waals surface area contributed by atoms with E-state index in [1.54, 1.807) is 11.1 Å². The van der Waals surface area contributed by atoms with Crippen molar-refractivity contribution in [3.8, 4) is 0 Å². The second kappa shape index (κ2) is 6.70. The summed E-state index contributed by atoms with van der Waals surface area (Å²) < 4.78 is 38.1. The maximum absolute atomic E-state index is 12.7. The van der Waals surface area contributed by atoms with Crippen molar-refractivity contribution in [3.63, 3.8) is 0 Å². The maximum Gasteiger partial charge on any atom is 0.433 e. The third-order valence-corrected chi connectivity index (χ3v) is 4.15. The van der Waals surface area contributed by atoms with Gasteiger partial charge in [-0.15, -0.1) is 0 Å². The van der Waals surface area contributed by atoms with E-state index in [0.717, 1.165) is 11.9 Å². The number of anilines is 1. The molecule has 8 heteroatoms. The molecule has 5 nitrogen and oxygen atoms in total. The fourth-order valence-corrected chi connectivity index (χ4v) is 2.79. The quantitative estimate of drug-likeness (QED) is 0.836. The lowest BCUT2D eigenvalue weighted by Gasteiger charge is -2.35. The Morgan fingerprint density at radius 3 is 2.36 bits per heavy atom. The van der Waals surface area contributed by atoms with Crippen LogP contribution in [0.5, 0.6) is 0 Å². The summed E-state index contributed by atoms with van der Waals surface area (Å²) >= 11 is 0. The molecule has 0 bridgehead atoms. The van der Waals surface area contributed by atoms with Crippen LogP contribution in [0.4, 0.5) is 19.0 Å². The van der Waals surface area contributed by atoms with E-state index < -0.39 is 11.9 Å². The van der Waals surface area contributed by atoms with Crippen molar-refractivity contribution >= 4 is 11.7 Å². The van der Waals surface area contributed by atoms with Gasteiger partial charge in [0, 0.05) is 32.4 Å². The van der Waals surface area contributed by atoms with Gasteiger partial charge in [-0.05, 0) is 31.2 Å². The number of rotatable bonds is 2. The molecule has 0 aliphatic carbocycles. The molecule has 1 amide bonds. The molecule has 132 valence electrons. The summed E-state index contributed by atoms with van der Waals surface area (Å²) in [6.07, 6.45) is -2.80. The Morgan fingerprint density at radius 2 is 1.80 bits per heavy atom. The van der Waals surface area contributed by atoms with Crippen LogP contribution in [0.15, 0.2) is 36.5 Å².